The maximum absolute atomic E-state index is 13.4. The lowest BCUT2D eigenvalue weighted by molar-refractivity contribution is 0.00578. The van der Waals surface area contributed by atoms with E-state index in [2.05, 4.69) is 5.32 Å². The molecule has 3 rings (SSSR count). The highest BCUT2D eigenvalue weighted by molar-refractivity contribution is 6.65. The molecule has 1 saturated heterocycles. The molecule has 190 valence electrons. The van der Waals surface area contributed by atoms with Gasteiger partial charge in [-0.25, -0.2) is 0 Å². The Morgan fingerprint density at radius 2 is 1.80 bits per heavy atom. The molecule has 2 aromatic rings. The standard InChI is InChI=1S/C26H35BClNO6/c1-17-10-9-11-22(32-6)19(17)16-29-24(31)18-14-20(27-34-25(2,3)26(4,5)35-27)21(28)15-23(18)33-13-8-7-12-30/h9-11,14-15,30H,7-8,12-13,16H2,1-6H3,(H,29,31). The lowest BCUT2D eigenvalue weighted by Crippen LogP contribution is -2.41. The fraction of sp³-hybridized carbons (Fsp3) is 0.500. The maximum Gasteiger partial charge on any atom is 0.496 e. The van der Waals surface area contributed by atoms with E-state index in [0.29, 0.717) is 47.0 Å². The van der Waals surface area contributed by atoms with Crippen molar-refractivity contribution in [2.24, 2.45) is 0 Å². The van der Waals surface area contributed by atoms with Crippen LogP contribution in [0.5, 0.6) is 11.5 Å². The summed E-state index contributed by atoms with van der Waals surface area (Å²) in [7, 11) is 0.882. The Bertz CT molecular complexity index is 1040. The molecule has 2 aromatic carbocycles. The Kier molecular flexibility index (Phi) is 8.75. The van der Waals surface area contributed by atoms with E-state index in [1.54, 1.807) is 19.2 Å². The lowest BCUT2D eigenvalue weighted by atomic mass is 9.78. The van der Waals surface area contributed by atoms with Crippen LogP contribution in [0.4, 0.5) is 0 Å². The molecule has 1 aliphatic rings. The average molecular weight is 504 g/mol. The van der Waals surface area contributed by atoms with E-state index in [0.717, 1.165) is 11.1 Å². The molecule has 0 unspecified atom stereocenters. The Balaban J connectivity index is 1.91. The molecule has 1 amide bonds. The molecule has 0 radical (unpaired) electrons. The number of carbonyl (C=O) groups is 1. The molecule has 2 N–H and O–H groups in total. The summed E-state index contributed by atoms with van der Waals surface area (Å²) in [4.78, 5) is 13.4. The molecule has 0 spiro atoms. The number of aliphatic hydroxyl groups is 1. The Morgan fingerprint density at radius 3 is 2.43 bits per heavy atom. The molecule has 7 nitrogen and oxygen atoms in total. The second-order valence-electron chi connectivity index (χ2n) is 9.68. The van der Waals surface area contributed by atoms with E-state index < -0.39 is 18.3 Å². The molecular weight excluding hydrogens is 469 g/mol. The third-order valence-electron chi connectivity index (χ3n) is 6.67. The van der Waals surface area contributed by atoms with Crippen molar-refractivity contribution in [2.45, 2.75) is 65.2 Å². The number of aryl methyl sites for hydroxylation is 1. The van der Waals surface area contributed by atoms with Crippen LogP contribution in [0, 0.1) is 6.92 Å². The number of benzene rings is 2. The molecule has 1 aliphatic heterocycles. The fourth-order valence-corrected chi connectivity index (χ4v) is 4.02. The van der Waals surface area contributed by atoms with E-state index in [1.807, 2.05) is 52.8 Å². The quantitative estimate of drug-likeness (QED) is 0.376. The molecule has 0 bridgehead atoms. The van der Waals surface area contributed by atoms with Crippen molar-refractivity contribution >= 4 is 30.1 Å². The first-order chi connectivity index (χ1) is 16.5. The first-order valence-electron chi connectivity index (χ1n) is 11.8. The number of halogens is 1. The van der Waals surface area contributed by atoms with Crippen LogP contribution < -0.4 is 20.3 Å². The number of nitrogens with one attached hydrogen (secondary N) is 1. The number of methoxy groups -OCH3 is 1. The van der Waals surface area contributed by atoms with Crippen molar-refractivity contribution in [3.05, 3.63) is 52.0 Å². The number of ether oxygens (including phenoxy) is 2. The van der Waals surface area contributed by atoms with Crippen LogP contribution in [0.25, 0.3) is 0 Å². The van der Waals surface area contributed by atoms with Crippen molar-refractivity contribution in [2.75, 3.05) is 20.3 Å². The molecule has 0 saturated carbocycles. The van der Waals surface area contributed by atoms with Gasteiger partial charge in [-0.2, -0.15) is 0 Å². The summed E-state index contributed by atoms with van der Waals surface area (Å²) in [6.45, 7) is 10.5. The number of amides is 1. The van der Waals surface area contributed by atoms with Gasteiger partial charge in [0.1, 0.15) is 11.5 Å². The zero-order valence-corrected chi connectivity index (χ0v) is 22.1. The van der Waals surface area contributed by atoms with E-state index in [9.17, 15) is 4.79 Å². The fourth-order valence-electron chi connectivity index (χ4n) is 3.77. The minimum Gasteiger partial charge on any atom is -0.496 e. The normalized spacial score (nSPS) is 16.3. The lowest BCUT2D eigenvalue weighted by Gasteiger charge is -2.32. The average Bonchev–Trinajstić information content (AvgIpc) is 3.02. The summed E-state index contributed by atoms with van der Waals surface area (Å²) in [6, 6.07) is 9.05. The predicted molar refractivity (Wildman–Crippen MR) is 138 cm³/mol. The molecular formula is C26H35BClNO6. The van der Waals surface area contributed by atoms with Gasteiger partial charge in [0, 0.05) is 29.2 Å². The SMILES string of the molecule is COc1cccc(C)c1CNC(=O)c1cc(B2OC(C)(C)C(C)(C)O2)c(Cl)cc1OCCCCO. The van der Waals surface area contributed by atoms with Crippen molar-refractivity contribution in [1.82, 2.24) is 5.32 Å². The summed E-state index contributed by atoms with van der Waals surface area (Å²) >= 11 is 6.62. The molecule has 1 heterocycles. The van der Waals surface area contributed by atoms with Gasteiger partial charge in [0.15, 0.2) is 0 Å². The van der Waals surface area contributed by atoms with Gasteiger partial charge in [-0.3, -0.25) is 4.79 Å². The van der Waals surface area contributed by atoms with Gasteiger partial charge in [-0.15, -0.1) is 0 Å². The van der Waals surface area contributed by atoms with Gasteiger partial charge in [0.2, 0.25) is 0 Å². The Labute approximate surface area is 213 Å². The van der Waals surface area contributed by atoms with Crippen LogP contribution in [0.3, 0.4) is 0 Å². The highest BCUT2D eigenvalue weighted by Gasteiger charge is 2.52. The molecule has 0 aliphatic carbocycles. The number of rotatable bonds is 10. The number of aliphatic hydroxyl groups excluding tert-OH is 1. The third-order valence-corrected chi connectivity index (χ3v) is 7.00. The van der Waals surface area contributed by atoms with Crippen molar-refractivity contribution < 1.29 is 28.7 Å². The summed E-state index contributed by atoms with van der Waals surface area (Å²) in [6.07, 6.45) is 1.25. The largest absolute Gasteiger partial charge is 0.496 e. The minimum atomic E-state index is -0.723. The second kappa shape index (κ2) is 11.2. The van der Waals surface area contributed by atoms with Crippen LogP contribution >= 0.6 is 11.6 Å². The van der Waals surface area contributed by atoms with Crippen LogP contribution in [0.2, 0.25) is 5.02 Å². The summed E-state index contributed by atoms with van der Waals surface area (Å²) < 4.78 is 23.7. The second-order valence-corrected chi connectivity index (χ2v) is 10.1. The van der Waals surface area contributed by atoms with E-state index in [-0.39, 0.29) is 19.1 Å². The molecule has 0 atom stereocenters. The van der Waals surface area contributed by atoms with Gasteiger partial charge in [-0.05, 0) is 71.2 Å². The van der Waals surface area contributed by atoms with E-state index in [1.165, 1.54) is 0 Å². The van der Waals surface area contributed by atoms with Crippen molar-refractivity contribution in [3.63, 3.8) is 0 Å². The molecule has 1 fully saturated rings. The number of hydrogen-bond donors (Lipinski definition) is 2. The first-order valence-corrected chi connectivity index (χ1v) is 12.2. The van der Waals surface area contributed by atoms with Crippen molar-refractivity contribution in [1.29, 1.82) is 0 Å². The third kappa shape index (κ3) is 6.12. The predicted octanol–water partition coefficient (Wildman–Crippen LogP) is 4.04. The zero-order valence-electron chi connectivity index (χ0n) is 21.4. The summed E-state index contributed by atoms with van der Waals surface area (Å²) in [5.74, 6) is 0.754. The number of unbranched alkanes of at least 4 members (excludes halogenated alkanes) is 1. The highest BCUT2D eigenvalue weighted by atomic mass is 35.5. The smallest absolute Gasteiger partial charge is 0.496 e. The van der Waals surface area contributed by atoms with Crippen molar-refractivity contribution in [3.8, 4) is 11.5 Å². The Morgan fingerprint density at radius 1 is 1.11 bits per heavy atom. The van der Waals surface area contributed by atoms with Gasteiger partial charge in [-0.1, -0.05) is 23.7 Å². The first kappa shape index (κ1) is 27.3. The maximum atomic E-state index is 13.4. The monoisotopic (exact) mass is 503 g/mol. The van der Waals surface area contributed by atoms with E-state index in [4.69, 9.17) is 35.5 Å². The topological polar surface area (TPSA) is 86.3 Å². The van der Waals surface area contributed by atoms with Gasteiger partial charge < -0.3 is 29.2 Å². The molecule has 0 aromatic heterocycles. The van der Waals surface area contributed by atoms with Crippen LogP contribution in [0.15, 0.2) is 30.3 Å². The van der Waals surface area contributed by atoms with Crippen LogP contribution in [-0.4, -0.2) is 49.7 Å². The van der Waals surface area contributed by atoms with Gasteiger partial charge in [0.25, 0.3) is 5.91 Å². The minimum absolute atomic E-state index is 0.0799. The summed E-state index contributed by atoms with van der Waals surface area (Å²) in [5, 5.41) is 12.4. The zero-order chi connectivity index (χ0) is 25.8. The van der Waals surface area contributed by atoms with E-state index >= 15 is 0 Å². The van der Waals surface area contributed by atoms with Crippen LogP contribution in [0.1, 0.15) is 62.0 Å². The Hall–Kier alpha value is -2.26. The molecule has 9 heteroatoms. The van der Waals surface area contributed by atoms with Gasteiger partial charge in [0.05, 0.1) is 30.5 Å². The number of carbonyl (C=O) groups excluding carboxylic acids is 1. The van der Waals surface area contributed by atoms with Gasteiger partial charge >= 0.3 is 7.12 Å². The summed E-state index contributed by atoms with van der Waals surface area (Å²) in [5.41, 5.74) is 1.70. The van der Waals surface area contributed by atoms with Crippen LogP contribution in [-0.2, 0) is 15.9 Å². The number of hydrogen-bond acceptors (Lipinski definition) is 6. The molecule has 35 heavy (non-hydrogen) atoms. The highest BCUT2D eigenvalue weighted by Crippen LogP contribution is 2.37.